The summed E-state index contributed by atoms with van der Waals surface area (Å²) >= 11 is 0.996. The van der Waals surface area contributed by atoms with Gasteiger partial charge in [0.15, 0.2) is 32.4 Å². The first-order chi connectivity index (χ1) is 16.7. The molecule has 1 aliphatic rings. The zero-order valence-electron chi connectivity index (χ0n) is 19.8. The van der Waals surface area contributed by atoms with Gasteiger partial charge < -0.3 is 19.7 Å². The van der Waals surface area contributed by atoms with Gasteiger partial charge in [-0.15, -0.1) is 0 Å². The van der Waals surface area contributed by atoms with Crippen LogP contribution < -0.4 is 15.0 Å². The molecule has 13 heteroatoms. The van der Waals surface area contributed by atoms with Gasteiger partial charge in [0, 0.05) is 18.3 Å². The SMILES string of the molecule is CCS(=O)(=O)c1ccc(Sc2nc(Nc3cc(C)[nH]n3)c(OC)c(N3CCOCC3C)n2)c(F)c1. The summed E-state index contributed by atoms with van der Waals surface area (Å²) in [6, 6.07) is 5.70. The lowest BCUT2D eigenvalue weighted by atomic mass is 10.2. The van der Waals surface area contributed by atoms with Crippen molar-refractivity contribution in [1.82, 2.24) is 20.2 Å². The van der Waals surface area contributed by atoms with E-state index in [9.17, 15) is 12.8 Å². The van der Waals surface area contributed by atoms with Crippen LogP contribution in [0.5, 0.6) is 5.75 Å². The molecule has 0 aliphatic carbocycles. The molecule has 35 heavy (non-hydrogen) atoms. The lowest BCUT2D eigenvalue weighted by molar-refractivity contribution is 0.0981. The monoisotopic (exact) mass is 522 g/mol. The third kappa shape index (κ3) is 5.52. The summed E-state index contributed by atoms with van der Waals surface area (Å²) < 4.78 is 50.4. The normalized spacial score (nSPS) is 16.4. The molecule has 1 atom stereocenters. The Hall–Kier alpha value is -2.90. The third-order valence-electron chi connectivity index (χ3n) is 5.47. The van der Waals surface area contributed by atoms with Crippen molar-refractivity contribution >= 4 is 39.1 Å². The number of rotatable bonds is 8. The summed E-state index contributed by atoms with van der Waals surface area (Å²) in [6.07, 6.45) is 0. The highest BCUT2D eigenvalue weighted by atomic mass is 32.2. The first-order valence-electron chi connectivity index (χ1n) is 11.0. The Morgan fingerprint density at radius 1 is 1.34 bits per heavy atom. The van der Waals surface area contributed by atoms with Crippen molar-refractivity contribution in [2.75, 3.05) is 42.8 Å². The highest BCUT2D eigenvalue weighted by molar-refractivity contribution is 7.99. The number of nitrogens with one attached hydrogen (secondary N) is 2. The van der Waals surface area contributed by atoms with Crippen LogP contribution in [-0.2, 0) is 14.6 Å². The number of aromatic nitrogens is 4. The van der Waals surface area contributed by atoms with E-state index < -0.39 is 15.7 Å². The fraction of sp³-hybridized carbons (Fsp3) is 0.409. The van der Waals surface area contributed by atoms with Crippen molar-refractivity contribution in [3.8, 4) is 5.75 Å². The molecule has 0 radical (unpaired) electrons. The van der Waals surface area contributed by atoms with Crippen LogP contribution in [0.4, 0.5) is 21.8 Å². The zero-order valence-corrected chi connectivity index (χ0v) is 21.5. The van der Waals surface area contributed by atoms with E-state index in [0.29, 0.717) is 43.0 Å². The number of morpholine rings is 1. The fourth-order valence-corrected chi connectivity index (χ4v) is 5.25. The first kappa shape index (κ1) is 25.2. The number of sulfone groups is 1. The molecular formula is C22H27FN6O4S2. The highest BCUT2D eigenvalue weighted by Gasteiger charge is 2.27. The fourth-order valence-electron chi connectivity index (χ4n) is 3.60. The van der Waals surface area contributed by atoms with E-state index in [0.717, 1.165) is 23.5 Å². The summed E-state index contributed by atoms with van der Waals surface area (Å²) in [7, 11) is -1.99. The van der Waals surface area contributed by atoms with Crippen LogP contribution in [0.2, 0.25) is 0 Å². The van der Waals surface area contributed by atoms with E-state index >= 15 is 0 Å². The quantitative estimate of drug-likeness (QED) is 0.425. The highest BCUT2D eigenvalue weighted by Crippen LogP contribution is 2.39. The topological polar surface area (TPSA) is 122 Å². The van der Waals surface area contributed by atoms with E-state index in [1.807, 2.05) is 19.9 Å². The first-order valence-corrected chi connectivity index (χ1v) is 13.5. The van der Waals surface area contributed by atoms with Crippen molar-refractivity contribution in [2.45, 2.75) is 41.8 Å². The van der Waals surface area contributed by atoms with Gasteiger partial charge >= 0.3 is 0 Å². The van der Waals surface area contributed by atoms with Crippen LogP contribution >= 0.6 is 11.8 Å². The van der Waals surface area contributed by atoms with Crippen LogP contribution in [0.25, 0.3) is 0 Å². The van der Waals surface area contributed by atoms with Gasteiger partial charge in [-0.05, 0) is 43.8 Å². The number of nitrogens with zero attached hydrogens (tertiary/aromatic N) is 4. The largest absolute Gasteiger partial charge is 0.490 e. The van der Waals surface area contributed by atoms with Crippen molar-refractivity contribution in [3.05, 3.63) is 35.8 Å². The molecule has 1 aliphatic heterocycles. The van der Waals surface area contributed by atoms with E-state index in [1.54, 1.807) is 0 Å². The Morgan fingerprint density at radius 3 is 2.77 bits per heavy atom. The van der Waals surface area contributed by atoms with Gasteiger partial charge in [0.1, 0.15) is 5.82 Å². The average Bonchev–Trinajstić information content (AvgIpc) is 3.24. The Kier molecular flexibility index (Phi) is 7.47. The lowest BCUT2D eigenvalue weighted by Crippen LogP contribution is -2.44. The number of H-pyrrole nitrogens is 1. The minimum atomic E-state index is -3.52. The molecule has 1 fully saturated rings. The molecule has 1 aromatic carbocycles. The third-order valence-corrected chi connectivity index (χ3v) is 8.12. The van der Waals surface area contributed by atoms with Crippen LogP contribution in [0.3, 0.4) is 0 Å². The van der Waals surface area contributed by atoms with Gasteiger partial charge in [0.25, 0.3) is 0 Å². The second kappa shape index (κ2) is 10.4. The van der Waals surface area contributed by atoms with E-state index in [1.165, 1.54) is 26.2 Å². The molecule has 0 spiro atoms. The molecule has 0 amide bonds. The van der Waals surface area contributed by atoms with Crippen LogP contribution in [0.1, 0.15) is 19.5 Å². The standard InChI is InChI=1S/C22H27FN6O4S2/c1-5-35(30,31)15-6-7-17(16(23)11-15)34-22-25-20(24-18-10-13(2)27-28-18)19(32-4)21(26-22)29-8-9-33-12-14(29)3/h6-7,10-11,14H,5,8-9,12H2,1-4H3,(H2,24,25,26,27,28). The summed E-state index contributed by atoms with van der Waals surface area (Å²) in [4.78, 5) is 11.5. The maximum atomic E-state index is 14.9. The molecule has 2 N–H and O–H groups in total. The molecule has 1 saturated heterocycles. The Balaban J connectivity index is 1.76. The summed E-state index contributed by atoms with van der Waals surface area (Å²) in [5, 5.41) is 10.5. The molecule has 1 unspecified atom stereocenters. The molecule has 3 heterocycles. The molecule has 2 aromatic heterocycles. The second-order valence-corrected chi connectivity index (χ2v) is 11.3. The molecule has 4 rings (SSSR count). The number of anilines is 3. The summed E-state index contributed by atoms with van der Waals surface area (Å²) in [5.74, 6) is 1.11. The number of hydrogen-bond acceptors (Lipinski definition) is 10. The number of benzene rings is 1. The van der Waals surface area contributed by atoms with E-state index in [4.69, 9.17) is 14.5 Å². The Bertz CT molecular complexity index is 1320. The average molecular weight is 523 g/mol. The number of aromatic amines is 1. The van der Waals surface area contributed by atoms with Gasteiger partial charge in [0.2, 0.25) is 5.75 Å². The number of ether oxygens (including phenoxy) is 2. The maximum absolute atomic E-state index is 14.9. The predicted molar refractivity (Wildman–Crippen MR) is 131 cm³/mol. The lowest BCUT2D eigenvalue weighted by Gasteiger charge is -2.35. The van der Waals surface area contributed by atoms with Crippen LogP contribution in [0.15, 0.2) is 39.2 Å². The number of aryl methyl sites for hydroxylation is 1. The molecule has 0 bridgehead atoms. The summed E-state index contributed by atoms with van der Waals surface area (Å²) in [5.41, 5.74) is 0.862. The van der Waals surface area contributed by atoms with E-state index in [-0.39, 0.29) is 26.7 Å². The summed E-state index contributed by atoms with van der Waals surface area (Å²) in [6.45, 7) is 7.07. The van der Waals surface area contributed by atoms with Crippen molar-refractivity contribution in [2.24, 2.45) is 0 Å². The zero-order chi connectivity index (χ0) is 25.2. The van der Waals surface area contributed by atoms with Gasteiger partial charge in [0.05, 0.1) is 41.9 Å². The van der Waals surface area contributed by atoms with Gasteiger partial charge in [-0.1, -0.05) is 6.92 Å². The van der Waals surface area contributed by atoms with Crippen LogP contribution in [-0.4, -0.2) is 67.2 Å². The number of halogens is 1. The minimum Gasteiger partial charge on any atom is -0.490 e. The molecule has 188 valence electrons. The van der Waals surface area contributed by atoms with Gasteiger partial charge in [-0.25, -0.2) is 22.8 Å². The van der Waals surface area contributed by atoms with Crippen molar-refractivity contribution in [1.29, 1.82) is 0 Å². The number of hydrogen-bond donors (Lipinski definition) is 2. The predicted octanol–water partition coefficient (Wildman–Crippen LogP) is 3.57. The second-order valence-electron chi connectivity index (χ2n) is 7.99. The molecular weight excluding hydrogens is 495 g/mol. The van der Waals surface area contributed by atoms with E-state index in [2.05, 4.69) is 25.4 Å². The van der Waals surface area contributed by atoms with Gasteiger partial charge in [-0.2, -0.15) is 5.10 Å². The van der Waals surface area contributed by atoms with Crippen molar-refractivity contribution in [3.63, 3.8) is 0 Å². The Morgan fingerprint density at radius 2 is 2.14 bits per heavy atom. The Labute approximate surface area is 207 Å². The smallest absolute Gasteiger partial charge is 0.204 e. The molecule has 3 aromatic rings. The minimum absolute atomic E-state index is 0.0288. The van der Waals surface area contributed by atoms with Gasteiger partial charge in [-0.3, -0.25) is 5.10 Å². The number of methoxy groups -OCH3 is 1. The van der Waals surface area contributed by atoms with Crippen molar-refractivity contribution < 1.29 is 22.3 Å². The molecule has 10 nitrogen and oxygen atoms in total. The maximum Gasteiger partial charge on any atom is 0.204 e. The van der Waals surface area contributed by atoms with Crippen LogP contribution in [0, 0.1) is 12.7 Å². The molecule has 0 saturated carbocycles.